The van der Waals surface area contributed by atoms with Gasteiger partial charge in [0.25, 0.3) is 5.69 Å². The van der Waals surface area contributed by atoms with E-state index in [0.29, 0.717) is 6.04 Å². The number of hydrogen-bond donors (Lipinski definition) is 1. The van der Waals surface area contributed by atoms with Crippen molar-refractivity contribution in [3.63, 3.8) is 0 Å². The Morgan fingerprint density at radius 2 is 1.74 bits per heavy atom. The molecule has 2 aliphatic rings. The number of nitro benzene ring substituents is 1. The summed E-state index contributed by atoms with van der Waals surface area (Å²) in [7, 11) is 0. The van der Waals surface area contributed by atoms with Crippen LogP contribution in [0.4, 0.5) is 11.4 Å². The molecule has 19 heavy (non-hydrogen) atoms. The van der Waals surface area contributed by atoms with Crippen LogP contribution >= 0.6 is 0 Å². The van der Waals surface area contributed by atoms with Crippen molar-refractivity contribution < 1.29 is 4.92 Å². The van der Waals surface area contributed by atoms with Crippen molar-refractivity contribution in [2.24, 2.45) is 11.8 Å². The molecule has 0 heterocycles. The quantitative estimate of drug-likeness (QED) is 0.647. The maximum Gasteiger partial charge on any atom is 0.274 e. The van der Waals surface area contributed by atoms with Gasteiger partial charge in [0.05, 0.1) is 4.92 Å². The second-order valence-corrected chi connectivity index (χ2v) is 6.06. The van der Waals surface area contributed by atoms with E-state index in [9.17, 15) is 10.1 Å². The van der Waals surface area contributed by atoms with Crippen molar-refractivity contribution in [2.45, 2.75) is 45.6 Å². The molecule has 0 aromatic heterocycles. The highest BCUT2D eigenvalue weighted by Gasteiger charge is 2.41. The summed E-state index contributed by atoms with van der Waals surface area (Å²) in [5.41, 5.74) is 3.01. The van der Waals surface area contributed by atoms with Gasteiger partial charge >= 0.3 is 0 Å². The van der Waals surface area contributed by atoms with E-state index in [1.165, 1.54) is 25.7 Å². The summed E-state index contributed by atoms with van der Waals surface area (Å²) in [6.45, 7) is 3.82. The maximum absolute atomic E-state index is 11.0. The average Bonchev–Trinajstić information content (AvgIpc) is 3.21. The number of anilines is 1. The van der Waals surface area contributed by atoms with Gasteiger partial charge in [0.2, 0.25) is 0 Å². The van der Waals surface area contributed by atoms with Gasteiger partial charge in [-0.05, 0) is 63.0 Å². The van der Waals surface area contributed by atoms with Crippen LogP contribution in [-0.4, -0.2) is 11.0 Å². The molecular formula is C15H20N2O2. The minimum absolute atomic E-state index is 0.221. The molecular weight excluding hydrogens is 240 g/mol. The van der Waals surface area contributed by atoms with Gasteiger partial charge in [-0.3, -0.25) is 10.1 Å². The molecule has 0 bridgehead atoms. The predicted octanol–water partition coefficient (Wildman–Crippen LogP) is 3.81. The Hall–Kier alpha value is -1.58. The van der Waals surface area contributed by atoms with E-state index in [4.69, 9.17) is 0 Å². The smallest absolute Gasteiger partial charge is 0.274 e. The highest BCUT2D eigenvalue weighted by Crippen LogP contribution is 2.46. The minimum atomic E-state index is -0.288. The summed E-state index contributed by atoms with van der Waals surface area (Å²) < 4.78 is 0. The summed E-state index contributed by atoms with van der Waals surface area (Å²) >= 11 is 0. The number of rotatable bonds is 5. The second kappa shape index (κ2) is 4.51. The molecule has 0 atom stereocenters. The third-order valence-electron chi connectivity index (χ3n) is 4.32. The monoisotopic (exact) mass is 260 g/mol. The normalized spacial score (nSPS) is 18.7. The largest absolute Gasteiger partial charge is 0.381 e. The molecule has 0 radical (unpaired) electrons. The van der Waals surface area contributed by atoms with Gasteiger partial charge in [-0.2, -0.15) is 0 Å². The van der Waals surface area contributed by atoms with Gasteiger partial charge in [0.15, 0.2) is 0 Å². The van der Waals surface area contributed by atoms with Crippen LogP contribution < -0.4 is 5.32 Å². The van der Waals surface area contributed by atoms with Gasteiger partial charge in [-0.25, -0.2) is 0 Å². The molecule has 0 unspecified atom stereocenters. The lowest BCUT2D eigenvalue weighted by Gasteiger charge is -2.20. The van der Waals surface area contributed by atoms with Crippen LogP contribution in [0.25, 0.3) is 0 Å². The first-order valence-electron chi connectivity index (χ1n) is 7.08. The average molecular weight is 260 g/mol. The summed E-state index contributed by atoms with van der Waals surface area (Å²) in [5.74, 6) is 1.57. The minimum Gasteiger partial charge on any atom is -0.381 e. The topological polar surface area (TPSA) is 55.2 Å². The van der Waals surface area contributed by atoms with Crippen molar-refractivity contribution >= 4 is 11.4 Å². The Morgan fingerprint density at radius 3 is 2.21 bits per heavy atom. The van der Waals surface area contributed by atoms with E-state index in [1.807, 2.05) is 13.0 Å². The molecule has 2 saturated carbocycles. The van der Waals surface area contributed by atoms with Crippen molar-refractivity contribution in [1.82, 2.24) is 0 Å². The van der Waals surface area contributed by atoms with Crippen molar-refractivity contribution in [2.75, 3.05) is 5.32 Å². The summed E-state index contributed by atoms with van der Waals surface area (Å²) in [4.78, 5) is 10.8. The standard InChI is InChI=1S/C15H20N2O2/c1-9-7-10(2)14(17(18)19)8-13(9)16-15(11-3-4-11)12-5-6-12/h7-8,11-12,15-16H,3-6H2,1-2H3. The predicted molar refractivity (Wildman–Crippen MR) is 75.4 cm³/mol. The molecule has 0 saturated heterocycles. The van der Waals surface area contributed by atoms with Crippen LogP contribution in [0.1, 0.15) is 36.8 Å². The van der Waals surface area contributed by atoms with Gasteiger partial charge in [-0.1, -0.05) is 0 Å². The summed E-state index contributed by atoms with van der Waals surface area (Å²) in [6.07, 6.45) is 5.23. The molecule has 4 nitrogen and oxygen atoms in total. The van der Waals surface area contributed by atoms with Gasteiger partial charge in [-0.15, -0.1) is 0 Å². The fourth-order valence-corrected chi connectivity index (χ4v) is 2.90. The third-order valence-corrected chi connectivity index (χ3v) is 4.32. The van der Waals surface area contributed by atoms with E-state index in [-0.39, 0.29) is 10.6 Å². The number of aryl methyl sites for hydroxylation is 2. The fourth-order valence-electron chi connectivity index (χ4n) is 2.90. The highest BCUT2D eigenvalue weighted by atomic mass is 16.6. The van der Waals surface area contributed by atoms with Crippen LogP contribution in [0, 0.1) is 35.8 Å². The summed E-state index contributed by atoms with van der Waals surface area (Å²) in [5, 5.41) is 14.6. The lowest BCUT2D eigenvalue weighted by atomic mass is 10.0. The molecule has 2 aliphatic carbocycles. The first kappa shape index (κ1) is 12.5. The molecule has 2 fully saturated rings. The van der Waals surface area contributed by atoms with Gasteiger partial charge in [0.1, 0.15) is 0 Å². The third kappa shape index (κ3) is 2.57. The van der Waals surface area contributed by atoms with Crippen LogP contribution in [0.3, 0.4) is 0 Å². The molecule has 0 amide bonds. The summed E-state index contributed by atoms with van der Waals surface area (Å²) in [6, 6.07) is 4.15. The van der Waals surface area contributed by atoms with Gasteiger partial charge in [0, 0.05) is 23.4 Å². The zero-order valence-electron chi connectivity index (χ0n) is 11.5. The number of nitrogens with zero attached hydrogens (tertiary/aromatic N) is 1. The highest BCUT2D eigenvalue weighted by molar-refractivity contribution is 5.60. The molecule has 1 aromatic rings. The van der Waals surface area contributed by atoms with E-state index >= 15 is 0 Å². The van der Waals surface area contributed by atoms with E-state index < -0.39 is 0 Å². The first-order valence-corrected chi connectivity index (χ1v) is 7.08. The Morgan fingerprint density at radius 1 is 1.16 bits per heavy atom. The van der Waals surface area contributed by atoms with E-state index in [0.717, 1.165) is 28.7 Å². The maximum atomic E-state index is 11.0. The number of benzene rings is 1. The Bertz CT molecular complexity index is 507. The number of nitrogens with one attached hydrogen (secondary N) is 1. The van der Waals surface area contributed by atoms with Crippen molar-refractivity contribution in [3.05, 3.63) is 33.4 Å². The molecule has 3 rings (SSSR count). The lowest BCUT2D eigenvalue weighted by molar-refractivity contribution is -0.385. The Balaban J connectivity index is 1.86. The van der Waals surface area contributed by atoms with Crippen molar-refractivity contribution in [3.8, 4) is 0 Å². The zero-order valence-corrected chi connectivity index (χ0v) is 11.5. The first-order chi connectivity index (χ1) is 9.06. The molecule has 102 valence electrons. The van der Waals surface area contributed by atoms with E-state index in [2.05, 4.69) is 5.32 Å². The molecule has 4 heteroatoms. The van der Waals surface area contributed by atoms with Crippen LogP contribution in [0.2, 0.25) is 0 Å². The zero-order chi connectivity index (χ0) is 13.6. The Kier molecular flexibility index (Phi) is 2.96. The molecule has 1 N–H and O–H groups in total. The molecule has 0 spiro atoms. The molecule has 1 aromatic carbocycles. The number of hydrogen-bond acceptors (Lipinski definition) is 3. The number of nitro groups is 1. The fraction of sp³-hybridized carbons (Fsp3) is 0.600. The van der Waals surface area contributed by atoms with Crippen molar-refractivity contribution in [1.29, 1.82) is 0 Å². The van der Waals surface area contributed by atoms with Gasteiger partial charge < -0.3 is 5.32 Å². The molecule has 0 aliphatic heterocycles. The van der Waals surface area contributed by atoms with E-state index in [1.54, 1.807) is 13.0 Å². The van der Waals surface area contributed by atoms with Crippen LogP contribution in [-0.2, 0) is 0 Å². The SMILES string of the molecule is Cc1cc(C)c([N+](=O)[O-])cc1NC(C1CC1)C1CC1. The second-order valence-electron chi connectivity index (χ2n) is 6.06. The van der Waals surface area contributed by atoms with Crippen LogP contribution in [0.5, 0.6) is 0 Å². The lowest BCUT2D eigenvalue weighted by Crippen LogP contribution is -2.24. The Labute approximate surface area is 113 Å². The van der Waals surface area contributed by atoms with Crippen LogP contribution in [0.15, 0.2) is 12.1 Å².